The third kappa shape index (κ3) is 1.53. The third-order valence-corrected chi connectivity index (χ3v) is 3.66. The van der Waals surface area contributed by atoms with Crippen molar-refractivity contribution in [2.75, 3.05) is 5.73 Å². The highest BCUT2D eigenvalue weighted by Crippen LogP contribution is 2.32. The lowest BCUT2D eigenvalue weighted by molar-refractivity contribution is 1.07. The monoisotopic (exact) mass is 267 g/mol. The molecule has 0 saturated heterocycles. The summed E-state index contributed by atoms with van der Waals surface area (Å²) >= 11 is 0. The van der Waals surface area contributed by atoms with Gasteiger partial charge in [0.15, 0.2) is 0 Å². The van der Waals surface area contributed by atoms with E-state index in [1.54, 1.807) is 0 Å². The van der Waals surface area contributed by atoms with Gasteiger partial charge < -0.3 is 10.1 Å². The van der Waals surface area contributed by atoms with Gasteiger partial charge in [0.1, 0.15) is 5.65 Å². The number of rotatable bonds is 1. The topological polar surface area (TPSA) is 69.1 Å². The van der Waals surface area contributed by atoms with E-state index in [4.69, 9.17) is 5.73 Å². The van der Waals surface area contributed by atoms with E-state index in [0.717, 1.165) is 34.5 Å². The smallest absolute Gasteiger partial charge is 0.220 e. The van der Waals surface area contributed by atoms with E-state index in [0.29, 0.717) is 5.95 Å². The van der Waals surface area contributed by atoms with Gasteiger partial charge in [0.2, 0.25) is 5.95 Å². The van der Waals surface area contributed by atoms with Crippen molar-refractivity contribution in [2.24, 2.45) is 0 Å². The SMILES string of the molecule is Cc1cc(C2=CCc3nc(N)ncc32)cn2ccnc12.[HH].[HH]. The molecule has 20 heavy (non-hydrogen) atoms. The minimum atomic E-state index is 0. The second-order valence-corrected chi connectivity index (χ2v) is 4.98. The van der Waals surface area contributed by atoms with Gasteiger partial charge in [-0.2, -0.15) is 0 Å². The van der Waals surface area contributed by atoms with Crippen molar-refractivity contribution in [3.8, 4) is 0 Å². The van der Waals surface area contributed by atoms with Crippen LogP contribution in [0.3, 0.4) is 0 Å². The molecule has 0 aliphatic heterocycles. The summed E-state index contributed by atoms with van der Waals surface area (Å²) in [7, 11) is 0. The molecule has 4 rings (SSSR count). The van der Waals surface area contributed by atoms with Crippen molar-refractivity contribution in [1.29, 1.82) is 0 Å². The van der Waals surface area contributed by atoms with Crippen LogP contribution in [0, 0.1) is 6.92 Å². The number of pyridine rings is 1. The molecule has 1 aliphatic carbocycles. The minimum absolute atomic E-state index is 0. The van der Waals surface area contributed by atoms with E-state index in [9.17, 15) is 0 Å². The number of nitrogens with zero attached hydrogens (tertiary/aromatic N) is 4. The summed E-state index contributed by atoms with van der Waals surface area (Å²) in [5.41, 5.74) is 12.2. The highest BCUT2D eigenvalue weighted by atomic mass is 15.0. The molecule has 0 aromatic carbocycles. The Kier molecular flexibility index (Phi) is 2.18. The Labute approximate surface area is 118 Å². The molecule has 5 heteroatoms. The van der Waals surface area contributed by atoms with Gasteiger partial charge in [-0.3, -0.25) is 0 Å². The molecule has 0 radical (unpaired) electrons. The number of aryl methyl sites for hydroxylation is 1. The molecule has 102 valence electrons. The first-order valence-electron chi connectivity index (χ1n) is 6.48. The summed E-state index contributed by atoms with van der Waals surface area (Å²) in [6.45, 7) is 2.07. The Morgan fingerprint density at radius 3 is 3.15 bits per heavy atom. The molecule has 0 unspecified atom stereocenters. The van der Waals surface area contributed by atoms with Crippen molar-refractivity contribution in [3.63, 3.8) is 0 Å². The van der Waals surface area contributed by atoms with Crippen molar-refractivity contribution in [1.82, 2.24) is 19.4 Å². The number of allylic oxidation sites excluding steroid dienone is 1. The fourth-order valence-corrected chi connectivity index (χ4v) is 2.75. The second-order valence-electron chi connectivity index (χ2n) is 4.98. The standard InChI is InChI=1S/C15H13N5.2H2/c1-9-6-10(8-20-5-4-17-14(9)20)11-2-3-13-12(11)7-18-15(16)19-13;;/h2,4-8H,3H2,1H3,(H2,16,18,19);2*1H. The van der Waals surface area contributed by atoms with Crippen LogP contribution < -0.4 is 5.73 Å². The maximum Gasteiger partial charge on any atom is 0.220 e. The maximum absolute atomic E-state index is 5.64. The van der Waals surface area contributed by atoms with Crippen LogP contribution in [0.5, 0.6) is 0 Å². The van der Waals surface area contributed by atoms with Crippen LogP contribution in [-0.4, -0.2) is 19.4 Å². The molecule has 3 aromatic rings. The van der Waals surface area contributed by atoms with Crippen LogP contribution in [0.4, 0.5) is 5.95 Å². The average molecular weight is 267 g/mol. The lowest BCUT2D eigenvalue weighted by atomic mass is 10.0. The van der Waals surface area contributed by atoms with E-state index < -0.39 is 0 Å². The molecular weight excluding hydrogens is 250 g/mol. The first-order chi connectivity index (χ1) is 9.72. The van der Waals surface area contributed by atoms with Crippen LogP contribution in [0.1, 0.15) is 25.2 Å². The molecule has 0 amide bonds. The Morgan fingerprint density at radius 1 is 1.35 bits per heavy atom. The minimum Gasteiger partial charge on any atom is -0.368 e. The largest absolute Gasteiger partial charge is 0.368 e. The van der Waals surface area contributed by atoms with Crippen LogP contribution in [0.2, 0.25) is 0 Å². The Bertz CT molecular complexity index is 869. The number of aromatic nitrogens is 4. The molecule has 2 N–H and O–H groups in total. The van der Waals surface area contributed by atoms with Gasteiger partial charge in [-0.25, -0.2) is 15.0 Å². The molecule has 5 nitrogen and oxygen atoms in total. The van der Waals surface area contributed by atoms with Crippen molar-refractivity contribution >= 4 is 17.2 Å². The number of imidazole rings is 1. The Balaban J connectivity index is 0.000000882. The number of hydrogen-bond acceptors (Lipinski definition) is 4. The fraction of sp³-hybridized carbons (Fsp3) is 0.133. The van der Waals surface area contributed by atoms with Gasteiger partial charge in [0.25, 0.3) is 0 Å². The predicted octanol–water partition coefficient (Wildman–Crippen LogP) is 2.49. The Morgan fingerprint density at radius 2 is 2.25 bits per heavy atom. The van der Waals surface area contributed by atoms with Crippen LogP contribution in [0.15, 0.2) is 36.9 Å². The summed E-state index contributed by atoms with van der Waals surface area (Å²) in [5.74, 6) is 0.333. The molecule has 0 fully saturated rings. The van der Waals surface area contributed by atoms with Crippen LogP contribution >= 0.6 is 0 Å². The zero-order valence-electron chi connectivity index (χ0n) is 11.0. The summed E-state index contributed by atoms with van der Waals surface area (Å²) in [6.07, 6.45) is 10.7. The van der Waals surface area contributed by atoms with Crippen molar-refractivity contribution in [2.45, 2.75) is 13.3 Å². The normalized spacial score (nSPS) is 13.6. The number of fused-ring (bicyclic) bond motifs is 2. The molecule has 0 bridgehead atoms. The van der Waals surface area contributed by atoms with Gasteiger partial charge in [0, 0.05) is 39.6 Å². The van der Waals surface area contributed by atoms with Gasteiger partial charge in [-0.15, -0.1) is 0 Å². The number of nitrogens with two attached hydrogens (primary N) is 1. The maximum atomic E-state index is 5.64. The molecule has 0 atom stereocenters. The number of nitrogen functional groups attached to an aromatic ring is 1. The molecular formula is C15H17N5. The third-order valence-electron chi connectivity index (χ3n) is 3.66. The Hall–Kier alpha value is -2.69. The molecule has 3 aromatic heterocycles. The summed E-state index contributed by atoms with van der Waals surface area (Å²) in [5, 5.41) is 0. The second kappa shape index (κ2) is 3.90. The molecule has 0 spiro atoms. The first kappa shape index (κ1) is 11.2. The van der Waals surface area contributed by atoms with E-state index in [-0.39, 0.29) is 2.85 Å². The summed E-state index contributed by atoms with van der Waals surface area (Å²) < 4.78 is 2.04. The summed E-state index contributed by atoms with van der Waals surface area (Å²) in [6, 6.07) is 2.15. The van der Waals surface area contributed by atoms with Crippen molar-refractivity contribution < 1.29 is 2.85 Å². The quantitative estimate of drug-likeness (QED) is 0.735. The first-order valence-corrected chi connectivity index (χ1v) is 6.48. The van der Waals surface area contributed by atoms with Crippen molar-refractivity contribution in [3.05, 3.63) is 59.3 Å². The number of hydrogen-bond donors (Lipinski definition) is 1. The lowest BCUT2D eigenvalue weighted by Crippen LogP contribution is -2.00. The zero-order valence-corrected chi connectivity index (χ0v) is 11.0. The summed E-state index contributed by atoms with van der Waals surface area (Å²) in [4.78, 5) is 12.8. The van der Waals surface area contributed by atoms with Gasteiger partial charge in [0.05, 0.1) is 5.69 Å². The van der Waals surface area contributed by atoms with E-state index in [1.807, 2.05) is 23.0 Å². The van der Waals surface area contributed by atoms with Crippen LogP contribution in [0.25, 0.3) is 11.2 Å². The number of anilines is 1. The highest BCUT2D eigenvalue weighted by Gasteiger charge is 2.18. The lowest BCUT2D eigenvalue weighted by Gasteiger charge is -2.08. The zero-order chi connectivity index (χ0) is 13.7. The average Bonchev–Trinajstić information content (AvgIpc) is 3.03. The molecule has 3 heterocycles. The van der Waals surface area contributed by atoms with Gasteiger partial charge in [-0.05, 0) is 29.7 Å². The van der Waals surface area contributed by atoms with Gasteiger partial charge >= 0.3 is 0 Å². The van der Waals surface area contributed by atoms with E-state index >= 15 is 0 Å². The predicted molar refractivity (Wildman–Crippen MR) is 81.4 cm³/mol. The molecule has 1 aliphatic rings. The highest BCUT2D eigenvalue weighted by molar-refractivity contribution is 5.84. The van der Waals surface area contributed by atoms with E-state index in [1.165, 1.54) is 5.57 Å². The van der Waals surface area contributed by atoms with E-state index in [2.05, 4.69) is 40.2 Å². The fourth-order valence-electron chi connectivity index (χ4n) is 2.75. The molecule has 0 saturated carbocycles. The van der Waals surface area contributed by atoms with Crippen LogP contribution in [-0.2, 0) is 6.42 Å². The van der Waals surface area contributed by atoms with Gasteiger partial charge in [-0.1, -0.05) is 6.08 Å².